The molecule has 2 amide bonds. The summed E-state index contributed by atoms with van der Waals surface area (Å²) >= 11 is 0. The summed E-state index contributed by atoms with van der Waals surface area (Å²) in [4.78, 5) is 35.5. The van der Waals surface area contributed by atoms with Crippen LogP contribution in [0.3, 0.4) is 0 Å². The number of ether oxygens (including phenoxy) is 1. The Morgan fingerprint density at radius 2 is 1.73 bits per heavy atom. The molecule has 0 saturated heterocycles. The molecule has 1 aromatic heterocycles. The Morgan fingerprint density at radius 3 is 2.49 bits per heavy atom. The molecule has 8 nitrogen and oxygen atoms in total. The number of nitrogens with zero attached hydrogens (tertiary/aromatic N) is 5. The van der Waals surface area contributed by atoms with Crippen LogP contribution in [0.2, 0.25) is 0 Å². The van der Waals surface area contributed by atoms with E-state index in [2.05, 4.69) is 15.0 Å². The fourth-order valence-electron chi connectivity index (χ4n) is 5.76. The summed E-state index contributed by atoms with van der Waals surface area (Å²) < 4.78 is 8.47. The number of amides is 2. The number of para-hydroxylation sites is 1. The molecule has 0 N–H and O–H groups in total. The van der Waals surface area contributed by atoms with Crippen LogP contribution in [0.15, 0.2) is 24.3 Å². The summed E-state index contributed by atoms with van der Waals surface area (Å²) in [7, 11) is 0. The van der Waals surface area contributed by atoms with Crippen molar-refractivity contribution in [2.45, 2.75) is 104 Å². The molecule has 37 heavy (non-hydrogen) atoms. The van der Waals surface area contributed by atoms with Gasteiger partial charge in [0.1, 0.15) is 23.5 Å². The zero-order valence-electron chi connectivity index (χ0n) is 22.8. The molecule has 1 fully saturated rings. The van der Waals surface area contributed by atoms with Gasteiger partial charge in [0.25, 0.3) is 5.91 Å². The zero-order valence-corrected chi connectivity index (χ0v) is 22.8. The second-order valence-electron chi connectivity index (χ2n) is 10.4. The third-order valence-corrected chi connectivity index (χ3v) is 7.78. The van der Waals surface area contributed by atoms with Crippen molar-refractivity contribution >= 4 is 11.8 Å². The molecule has 0 bridgehead atoms. The van der Waals surface area contributed by atoms with Gasteiger partial charge >= 0.3 is 0 Å². The van der Waals surface area contributed by atoms with Crippen molar-refractivity contribution in [3.8, 4) is 5.75 Å². The molecule has 0 unspecified atom stereocenters. The van der Waals surface area contributed by atoms with E-state index in [0.29, 0.717) is 30.8 Å². The van der Waals surface area contributed by atoms with E-state index in [-0.39, 0.29) is 24.0 Å². The van der Waals surface area contributed by atoms with Gasteiger partial charge in [-0.25, -0.2) is 9.67 Å². The number of carbonyl (C=O) groups is 2. The molecule has 1 saturated carbocycles. The van der Waals surface area contributed by atoms with Gasteiger partial charge in [-0.3, -0.25) is 9.59 Å². The van der Waals surface area contributed by atoms with Crippen molar-refractivity contribution in [3.05, 3.63) is 41.5 Å². The lowest BCUT2D eigenvalue weighted by Crippen LogP contribution is -2.51. The fraction of sp³-hybridized carbons (Fsp3) is 0.655. The van der Waals surface area contributed by atoms with Crippen LogP contribution in [0.4, 0.5) is 0 Å². The van der Waals surface area contributed by atoms with Gasteiger partial charge in [0, 0.05) is 26.1 Å². The van der Waals surface area contributed by atoms with Crippen molar-refractivity contribution < 1.29 is 14.3 Å². The molecule has 0 spiro atoms. The lowest BCUT2D eigenvalue weighted by Gasteiger charge is -2.40. The van der Waals surface area contributed by atoms with Gasteiger partial charge in [-0.15, -0.1) is 0 Å². The molecule has 202 valence electrons. The quantitative estimate of drug-likeness (QED) is 0.584. The predicted octanol–water partition coefficient (Wildman–Crippen LogP) is 4.93. The molecule has 8 heteroatoms. The van der Waals surface area contributed by atoms with Gasteiger partial charge in [0.15, 0.2) is 0 Å². The molecular formula is C29H43N5O3. The molecule has 1 aliphatic heterocycles. The highest BCUT2D eigenvalue weighted by molar-refractivity contribution is 5.97. The largest absolute Gasteiger partial charge is 0.487 e. The van der Waals surface area contributed by atoms with Crippen LogP contribution in [-0.4, -0.2) is 68.2 Å². The number of fused-ring (bicyclic) bond motifs is 2. The highest BCUT2D eigenvalue weighted by Crippen LogP contribution is 2.31. The van der Waals surface area contributed by atoms with Gasteiger partial charge in [0.05, 0.1) is 18.2 Å². The van der Waals surface area contributed by atoms with E-state index in [0.717, 1.165) is 82.5 Å². The first-order valence-corrected chi connectivity index (χ1v) is 14.2. The Bertz CT molecular complexity index is 1050. The number of carbonyl (C=O) groups excluding carboxylic acids is 2. The summed E-state index contributed by atoms with van der Waals surface area (Å²) in [5, 5.41) is 4.44. The highest BCUT2D eigenvalue weighted by atomic mass is 16.5. The molecule has 4 rings (SSSR count). The minimum atomic E-state index is -0.123. The van der Waals surface area contributed by atoms with Crippen molar-refractivity contribution in [1.29, 1.82) is 0 Å². The van der Waals surface area contributed by atoms with Crippen LogP contribution in [0, 0.1) is 13.8 Å². The minimum Gasteiger partial charge on any atom is -0.487 e. The smallest absolute Gasteiger partial charge is 0.257 e. The lowest BCUT2D eigenvalue weighted by atomic mass is 9.90. The third-order valence-electron chi connectivity index (χ3n) is 7.78. The standard InChI is InChI=1S/C29H43N5O3/c1-4-32-19-12-6-5-7-13-20-33(28(35)18-21-34-23(3)30-22(2)31-34)25-15-9-11-17-27(25)37-26-16-10-8-14-24(26)29(32)36/h8,10,14,16,25,27H,4-7,9,11-13,15,17-21H2,1-3H3/t25-,27+/m1/s1. The lowest BCUT2D eigenvalue weighted by molar-refractivity contribution is -0.137. The van der Waals surface area contributed by atoms with E-state index in [1.807, 2.05) is 54.6 Å². The van der Waals surface area contributed by atoms with Crippen LogP contribution in [0.5, 0.6) is 5.75 Å². The number of hydrogen-bond donors (Lipinski definition) is 0. The molecular weight excluding hydrogens is 466 g/mol. The Labute approximate surface area is 221 Å². The summed E-state index contributed by atoms with van der Waals surface area (Å²) in [6, 6.07) is 7.63. The van der Waals surface area contributed by atoms with Crippen LogP contribution in [0.25, 0.3) is 0 Å². The highest BCUT2D eigenvalue weighted by Gasteiger charge is 2.35. The molecule has 2 heterocycles. The molecule has 0 radical (unpaired) electrons. The Balaban J connectivity index is 1.58. The van der Waals surface area contributed by atoms with Crippen LogP contribution >= 0.6 is 0 Å². The summed E-state index contributed by atoms with van der Waals surface area (Å²) in [5.74, 6) is 2.39. The van der Waals surface area contributed by atoms with E-state index in [1.54, 1.807) is 0 Å². The van der Waals surface area contributed by atoms with Crippen molar-refractivity contribution in [1.82, 2.24) is 24.6 Å². The third kappa shape index (κ3) is 6.90. The molecule has 2 atom stereocenters. The van der Waals surface area contributed by atoms with E-state index in [9.17, 15) is 9.59 Å². The second-order valence-corrected chi connectivity index (χ2v) is 10.4. The maximum absolute atomic E-state index is 13.7. The van der Waals surface area contributed by atoms with Gasteiger partial charge in [-0.05, 0) is 65.0 Å². The first-order chi connectivity index (χ1) is 18.0. The van der Waals surface area contributed by atoms with Crippen LogP contribution in [0.1, 0.15) is 93.1 Å². The van der Waals surface area contributed by atoms with E-state index in [1.165, 1.54) is 0 Å². The number of rotatable bonds is 4. The van der Waals surface area contributed by atoms with E-state index in [4.69, 9.17) is 4.74 Å². The number of aryl methyl sites for hydroxylation is 3. The first kappa shape index (κ1) is 27.1. The second kappa shape index (κ2) is 13.1. The monoisotopic (exact) mass is 509 g/mol. The Morgan fingerprint density at radius 1 is 1.00 bits per heavy atom. The van der Waals surface area contributed by atoms with Crippen molar-refractivity contribution in [3.63, 3.8) is 0 Å². The topological polar surface area (TPSA) is 80.6 Å². The van der Waals surface area contributed by atoms with Crippen LogP contribution < -0.4 is 4.74 Å². The average Bonchev–Trinajstić information content (AvgIpc) is 3.23. The van der Waals surface area contributed by atoms with Gasteiger partial charge in [0.2, 0.25) is 5.91 Å². The van der Waals surface area contributed by atoms with Gasteiger partial charge < -0.3 is 14.5 Å². The summed E-state index contributed by atoms with van der Waals surface area (Å²) in [6.07, 6.45) is 9.51. The predicted molar refractivity (Wildman–Crippen MR) is 144 cm³/mol. The SMILES string of the molecule is CCN1CCCCCCCN(C(=O)CCn2nc(C)nc2C)[C@@H]2CCCC[C@@H]2Oc2ccccc2C1=O. The Hall–Kier alpha value is -2.90. The fourth-order valence-corrected chi connectivity index (χ4v) is 5.76. The van der Waals surface area contributed by atoms with Crippen molar-refractivity contribution in [2.24, 2.45) is 0 Å². The molecule has 2 aliphatic rings. The Kier molecular flexibility index (Phi) is 9.58. The number of benzene rings is 1. The van der Waals surface area contributed by atoms with Crippen LogP contribution in [-0.2, 0) is 11.3 Å². The molecule has 1 aliphatic carbocycles. The maximum Gasteiger partial charge on any atom is 0.257 e. The van der Waals surface area contributed by atoms with E-state index < -0.39 is 0 Å². The summed E-state index contributed by atoms with van der Waals surface area (Å²) in [6.45, 7) is 8.58. The van der Waals surface area contributed by atoms with Crippen molar-refractivity contribution in [2.75, 3.05) is 19.6 Å². The molecule has 1 aromatic carbocycles. The average molecular weight is 510 g/mol. The zero-order chi connectivity index (χ0) is 26.2. The minimum absolute atomic E-state index is 0.00962. The number of hydrogen-bond acceptors (Lipinski definition) is 5. The molecule has 2 aromatic rings. The van der Waals surface area contributed by atoms with Gasteiger partial charge in [-0.1, -0.05) is 37.8 Å². The van der Waals surface area contributed by atoms with Gasteiger partial charge in [-0.2, -0.15) is 5.10 Å². The first-order valence-electron chi connectivity index (χ1n) is 14.2. The summed E-state index contributed by atoms with van der Waals surface area (Å²) in [5.41, 5.74) is 0.624. The maximum atomic E-state index is 13.7. The number of aromatic nitrogens is 3. The van der Waals surface area contributed by atoms with E-state index >= 15 is 0 Å². The normalized spacial score (nSPS) is 21.9.